The topological polar surface area (TPSA) is 135 Å². The molecule has 0 bridgehead atoms. The second-order valence-electron chi connectivity index (χ2n) is 8.76. The van der Waals surface area contributed by atoms with Crippen molar-refractivity contribution >= 4 is 22.1 Å². The van der Waals surface area contributed by atoms with Gasteiger partial charge in [0.15, 0.2) is 0 Å². The van der Waals surface area contributed by atoms with Crippen LogP contribution < -0.4 is 113 Å². The number of carboxylic acid groups (broad SMARTS) is 2. The molecular formula is C22H40K2O7S. The molecule has 0 saturated heterocycles. The fourth-order valence-electron chi connectivity index (χ4n) is 4.92. The SMILES string of the molecule is CCC(CC)CCC(C)C(C(=O)[O-])(C(C)CCC(CC)CC)C(C(=O)[O-])S(=O)(=O)O.[K+].[K+]. The van der Waals surface area contributed by atoms with E-state index in [1.54, 1.807) is 13.8 Å². The number of carbonyl (C=O) groups excluding carboxylic acids is 2. The van der Waals surface area contributed by atoms with Crippen LogP contribution >= 0.6 is 0 Å². The molecule has 0 radical (unpaired) electrons. The maximum absolute atomic E-state index is 12.5. The van der Waals surface area contributed by atoms with Crippen LogP contribution in [0.2, 0.25) is 0 Å². The normalized spacial score (nSPS) is 16.4. The predicted octanol–water partition coefficient (Wildman–Crippen LogP) is -3.56. The predicted molar refractivity (Wildman–Crippen MR) is 113 cm³/mol. The van der Waals surface area contributed by atoms with Crippen LogP contribution in [-0.2, 0) is 19.7 Å². The summed E-state index contributed by atoms with van der Waals surface area (Å²) in [7, 11) is -5.24. The van der Waals surface area contributed by atoms with E-state index in [1.165, 1.54) is 0 Å². The van der Waals surface area contributed by atoms with E-state index in [0.717, 1.165) is 25.7 Å². The minimum absolute atomic E-state index is 0. The zero-order valence-corrected chi connectivity index (χ0v) is 28.4. The van der Waals surface area contributed by atoms with Gasteiger partial charge < -0.3 is 19.8 Å². The van der Waals surface area contributed by atoms with Gasteiger partial charge in [-0.15, -0.1) is 0 Å². The first-order valence-corrected chi connectivity index (χ1v) is 12.7. The summed E-state index contributed by atoms with van der Waals surface area (Å²) in [5.41, 5.74) is -2.29. The van der Waals surface area contributed by atoms with Gasteiger partial charge >= 0.3 is 103 Å². The summed E-state index contributed by atoms with van der Waals surface area (Å²) < 4.78 is 33.9. The Hall–Kier alpha value is 2.12. The molecule has 3 unspecified atom stereocenters. The molecular weight excluding hydrogens is 486 g/mol. The number of hydrogen-bond donors (Lipinski definition) is 1. The third-order valence-electron chi connectivity index (χ3n) is 7.26. The van der Waals surface area contributed by atoms with Gasteiger partial charge in [0, 0.05) is 11.4 Å². The van der Waals surface area contributed by atoms with Gasteiger partial charge in [-0.1, -0.05) is 80.1 Å². The van der Waals surface area contributed by atoms with Crippen LogP contribution in [0.1, 0.15) is 92.9 Å². The van der Waals surface area contributed by atoms with Crippen LogP contribution in [-0.4, -0.2) is 30.2 Å². The van der Waals surface area contributed by atoms with Gasteiger partial charge in [0.05, 0.1) is 5.97 Å². The third kappa shape index (κ3) is 10.6. The average Bonchev–Trinajstić information content (AvgIpc) is 2.65. The van der Waals surface area contributed by atoms with Crippen LogP contribution in [0, 0.1) is 29.1 Å². The molecule has 0 aliphatic heterocycles. The molecule has 0 aromatic carbocycles. The van der Waals surface area contributed by atoms with Gasteiger partial charge in [0.25, 0.3) is 10.1 Å². The zero-order valence-electron chi connectivity index (χ0n) is 21.3. The monoisotopic (exact) mass is 526 g/mol. The smallest absolute Gasteiger partial charge is 0.549 e. The molecule has 0 rings (SSSR count). The van der Waals surface area contributed by atoms with E-state index in [9.17, 15) is 32.8 Å². The molecule has 3 atom stereocenters. The van der Waals surface area contributed by atoms with Gasteiger partial charge in [-0.2, -0.15) is 8.42 Å². The Morgan fingerprint density at radius 2 is 1.09 bits per heavy atom. The van der Waals surface area contributed by atoms with Crippen LogP contribution in [0.5, 0.6) is 0 Å². The maximum atomic E-state index is 12.5. The molecule has 0 aromatic heterocycles. The summed E-state index contributed by atoms with van der Waals surface area (Å²) in [5.74, 6) is -4.92. The number of rotatable bonds is 16. The Labute approximate surface area is 280 Å². The molecule has 0 aromatic rings. The van der Waals surface area contributed by atoms with E-state index in [1.807, 2.05) is 27.7 Å². The molecule has 0 aliphatic carbocycles. The summed E-state index contributed by atoms with van der Waals surface area (Å²) in [6.07, 6.45) is 5.43. The van der Waals surface area contributed by atoms with Crippen molar-refractivity contribution < 1.29 is 136 Å². The summed E-state index contributed by atoms with van der Waals surface area (Å²) in [6.45, 7) is 11.2. The van der Waals surface area contributed by atoms with Gasteiger partial charge in [-0.25, -0.2) is 0 Å². The fourth-order valence-corrected chi connectivity index (χ4v) is 6.21. The number of carboxylic acids is 2. The molecule has 0 fully saturated rings. The van der Waals surface area contributed by atoms with Crippen LogP contribution in [0.4, 0.5) is 0 Å². The standard InChI is InChI=1S/C22H42O7S.2K/c1-7-17(8-2)13-11-15(5)22(21(25)26,19(20(23)24)30(27,28)29)16(6)12-14-18(9-3)10-4;;/h15-19H,7-14H2,1-6H3,(H,23,24)(H,25,26)(H,27,28,29);;/q;2*+1/p-2. The van der Waals surface area contributed by atoms with E-state index in [4.69, 9.17) is 0 Å². The van der Waals surface area contributed by atoms with Crippen molar-refractivity contribution in [1.29, 1.82) is 0 Å². The largest absolute Gasteiger partial charge is 1.00 e. The molecule has 10 heteroatoms. The van der Waals surface area contributed by atoms with E-state index >= 15 is 0 Å². The first-order chi connectivity index (χ1) is 13.8. The Kier molecular flexibility index (Phi) is 22.2. The molecule has 0 heterocycles. The minimum atomic E-state index is -5.24. The number of aliphatic carboxylic acids is 2. The Morgan fingerprint density at radius 1 is 0.781 bits per heavy atom. The van der Waals surface area contributed by atoms with Gasteiger partial charge in [-0.05, 0) is 36.5 Å². The van der Waals surface area contributed by atoms with Crippen molar-refractivity contribution in [2.24, 2.45) is 29.1 Å². The first kappa shape index (κ1) is 38.6. The minimum Gasteiger partial charge on any atom is -0.549 e. The van der Waals surface area contributed by atoms with E-state index in [0.29, 0.717) is 37.5 Å². The summed E-state index contributed by atoms with van der Waals surface area (Å²) in [6, 6.07) is 0. The average molecular weight is 527 g/mol. The van der Waals surface area contributed by atoms with E-state index < -0.39 is 44.6 Å². The molecule has 178 valence electrons. The van der Waals surface area contributed by atoms with Crippen molar-refractivity contribution in [3.63, 3.8) is 0 Å². The van der Waals surface area contributed by atoms with E-state index in [-0.39, 0.29) is 103 Å². The molecule has 1 N–H and O–H groups in total. The molecule has 0 aliphatic rings. The Bertz CT molecular complexity index is 625. The molecule has 0 spiro atoms. The summed E-state index contributed by atoms with van der Waals surface area (Å²) >= 11 is 0. The second kappa shape index (κ2) is 18.4. The second-order valence-corrected chi connectivity index (χ2v) is 10.3. The summed E-state index contributed by atoms with van der Waals surface area (Å²) in [5, 5.41) is 21.8. The zero-order chi connectivity index (χ0) is 23.7. The first-order valence-electron chi connectivity index (χ1n) is 11.2. The van der Waals surface area contributed by atoms with Crippen molar-refractivity contribution in [3.8, 4) is 0 Å². The van der Waals surface area contributed by atoms with Gasteiger partial charge in [-0.3, -0.25) is 4.55 Å². The molecule has 0 amide bonds. The van der Waals surface area contributed by atoms with Gasteiger partial charge in [0.1, 0.15) is 5.25 Å². The van der Waals surface area contributed by atoms with Gasteiger partial charge in [0.2, 0.25) is 0 Å². The van der Waals surface area contributed by atoms with Crippen molar-refractivity contribution in [2.45, 2.75) is 98.2 Å². The van der Waals surface area contributed by atoms with E-state index in [2.05, 4.69) is 0 Å². The van der Waals surface area contributed by atoms with Crippen LogP contribution in [0.15, 0.2) is 0 Å². The molecule has 7 nitrogen and oxygen atoms in total. The van der Waals surface area contributed by atoms with Crippen molar-refractivity contribution in [1.82, 2.24) is 0 Å². The van der Waals surface area contributed by atoms with Crippen LogP contribution in [0.3, 0.4) is 0 Å². The number of carbonyl (C=O) groups is 2. The molecule has 32 heavy (non-hydrogen) atoms. The third-order valence-corrected chi connectivity index (χ3v) is 8.43. The van der Waals surface area contributed by atoms with Crippen molar-refractivity contribution in [3.05, 3.63) is 0 Å². The summed E-state index contributed by atoms with van der Waals surface area (Å²) in [4.78, 5) is 24.4. The quantitative estimate of drug-likeness (QED) is 0.162. The maximum Gasteiger partial charge on any atom is 1.00 e. The molecule has 0 saturated carbocycles. The van der Waals surface area contributed by atoms with Crippen LogP contribution in [0.25, 0.3) is 0 Å². The van der Waals surface area contributed by atoms with Crippen molar-refractivity contribution in [2.75, 3.05) is 0 Å². The fraction of sp³-hybridized carbons (Fsp3) is 0.909. The number of hydrogen-bond acceptors (Lipinski definition) is 6. The Morgan fingerprint density at radius 3 is 1.28 bits per heavy atom. The Balaban J connectivity index is -0.00000420.